The molecule has 1 atom stereocenters. The van der Waals surface area contributed by atoms with Gasteiger partial charge in [0.15, 0.2) is 0 Å². The van der Waals surface area contributed by atoms with Gasteiger partial charge in [-0.25, -0.2) is 0 Å². The van der Waals surface area contributed by atoms with Crippen LogP contribution in [0.5, 0.6) is 11.5 Å². The lowest BCUT2D eigenvalue weighted by Gasteiger charge is -2.15. The molecule has 3 rings (SSSR count). The molecule has 5 nitrogen and oxygen atoms in total. The van der Waals surface area contributed by atoms with Gasteiger partial charge in [0.25, 0.3) is 0 Å². The summed E-state index contributed by atoms with van der Waals surface area (Å²) in [6.45, 7) is 5.67. The van der Waals surface area contributed by atoms with Crippen molar-refractivity contribution >= 4 is 11.6 Å². The molecule has 0 spiro atoms. The Bertz CT molecular complexity index is 868. The first kappa shape index (κ1) is 17.7. The van der Waals surface area contributed by atoms with Crippen LogP contribution >= 0.6 is 0 Å². The highest BCUT2D eigenvalue weighted by molar-refractivity contribution is 5.96. The second-order valence-electron chi connectivity index (χ2n) is 6.13. The first-order valence-corrected chi connectivity index (χ1v) is 8.65. The molecule has 0 bridgehead atoms. The van der Waals surface area contributed by atoms with Gasteiger partial charge in [0.1, 0.15) is 17.3 Å². The van der Waals surface area contributed by atoms with Crippen molar-refractivity contribution in [3.05, 3.63) is 71.6 Å². The predicted molar refractivity (Wildman–Crippen MR) is 101 cm³/mol. The molecule has 0 aliphatic rings. The standard InChI is InChI=1S/C21H22N2O3/c1-4-19(20-14(2)23-26-15(20)3)21(24)22-16-9-8-12-18(13-16)25-17-10-6-5-7-11-17/h5-13,19H,4H2,1-3H3,(H,22,24). The van der Waals surface area contributed by atoms with E-state index in [1.165, 1.54) is 0 Å². The highest BCUT2D eigenvalue weighted by Crippen LogP contribution is 2.29. The van der Waals surface area contributed by atoms with E-state index in [1.807, 2.05) is 75.4 Å². The fraction of sp³-hybridized carbons (Fsp3) is 0.238. The summed E-state index contributed by atoms with van der Waals surface area (Å²) >= 11 is 0. The molecular weight excluding hydrogens is 328 g/mol. The molecule has 0 aliphatic heterocycles. The lowest BCUT2D eigenvalue weighted by molar-refractivity contribution is -0.117. The van der Waals surface area contributed by atoms with Crippen LogP contribution < -0.4 is 10.1 Å². The van der Waals surface area contributed by atoms with Gasteiger partial charge < -0.3 is 14.6 Å². The first-order valence-electron chi connectivity index (χ1n) is 8.65. The SMILES string of the molecule is CCC(C(=O)Nc1cccc(Oc2ccccc2)c1)c1c(C)noc1C. The van der Waals surface area contributed by atoms with E-state index in [9.17, 15) is 4.79 Å². The van der Waals surface area contributed by atoms with E-state index in [-0.39, 0.29) is 11.8 Å². The summed E-state index contributed by atoms with van der Waals surface area (Å²) in [5.74, 6) is 1.71. The van der Waals surface area contributed by atoms with Gasteiger partial charge in [-0.2, -0.15) is 0 Å². The van der Waals surface area contributed by atoms with Crippen LogP contribution in [0.3, 0.4) is 0 Å². The Morgan fingerprint density at radius 2 is 1.85 bits per heavy atom. The molecule has 1 N–H and O–H groups in total. The number of para-hydroxylation sites is 1. The summed E-state index contributed by atoms with van der Waals surface area (Å²) in [4.78, 5) is 12.8. The van der Waals surface area contributed by atoms with Crippen molar-refractivity contribution in [2.45, 2.75) is 33.1 Å². The molecule has 0 aliphatic carbocycles. The van der Waals surface area contributed by atoms with Crippen molar-refractivity contribution < 1.29 is 14.1 Å². The smallest absolute Gasteiger partial charge is 0.232 e. The fourth-order valence-electron chi connectivity index (χ4n) is 3.00. The molecule has 0 radical (unpaired) electrons. The van der Waals surface area contributed by atoms with Gasteiger partial charge >= 0.3 is 0 Å². The Balaban J connectivity index is 1.75. The minimum atomic E-state index is -0.306. The van der Waals surface area contributed by atoms with Crippen LogP contribution in [-0.4, -0.2) is 11.1 Å². The Labute approximate surface area is 153 Å². The normalized spacial score (nSPS) is 11.8. The van der Waals surface area contributed by atoms with Crippen LogP contribution in [0.2, 0.25) is 0 Å². The van der Waals surface area contributed by atoms with Crippen molar-refractivity contribution in [2.75, 3.05) is 5.32 Å². The van der Waals surface area contributed by atoms with E-state index in [2.05, 4.69) is 10.5 Å². The number of hydrogen-bond donors (Lipinski definition) is 1. The largest absolute Gasteiger partial charge is 0.457 e. The number of aryl methyl sites for hydroxylation is 2. The number of ether oxygens (including phenoxy) is 1. The number of aromatic nitrogens is 1. The minimum Gasteiger partial charge on any atom is -0.457 e. The van der Waals surface area contributed by atoms with E-state index in [4.69, 9.17) is 9.26 Å². The number of nitrogens with zero attached hydrogens (tertiary/aromatic N) is 1. The van der Waals surface area contributed by atoms with Crippen molar-refractivity contribution in [2.24, 2.45) is 0 Å². The topological polar surface area (TPSA) is 64.4 Å². The third-order valence-corrected chi connectivity index (χ3v) is 4.24. The lowest BCUT2D eigenvalue weighted by atomic mass is 9.94. The molecule has 26 heavy (non-hydrogen) atoms. The third-order valence-electron chi connectivity index (χ3n) is 4.24. The average Bonchev–Trinajstić information content (AvgIpc) is 2.96. The summed E-state index contributed by atoms with van der Waals surface area (Å²) in [5, 5.41) is 6.93. The average molecular weight is 350 g/mol. The molecule has 0 saturated carbocycles. The highest BCUT2D eigenvalue weighted by atomic mass is 16.5. The van der Waals surface area contributed by atoms with Crippen molar-refractivity contribution in [1.82, 2.24) is 5.16 Å². The maximum atomic E-state index is 12.8. The lowest BCUT2D eigenvalue weighted by Crippen LogP contribution is -2.21. The third kappa shape index (κ3) is 3.94. The summed E-state index contributed by atoms with van der Waals surface area (Å²) in [6.07, 6.45) is 0.662. The van der Waals surface area contributed by atoms with Crippen molar-refractivity contribution in [3.63, 3.8) is 0 Å². The van der Waals surface area contributed by atoms with Gasteiger partial charge in [0.2, 0.25) is 5.91 Å². The van der Waals surface area contributed by atoms with Crippen LogP contribution in [0, 0.1) is 13.8 Å². The van der Waals surface area contributed by atoms with Gasteiger partial charge in [-0.3, -0.25) is 4.79 Å². The number of nitrogens with one attached hydrogen (secondary N) is 1. The molecule has 1 unspecified atom stereocenters. The molecule has 1 heterocycles. The van der Waals surface area contributed by atoms with Gasteiger partial charge in [-0.05, 0) is 44.5 Å². The number of rotatable bonds is 6. The monoisotopic (exact) mass is 350 g/mol. The van der Waals surface area contributed by atoms with Gasteiger partial charge in [0.05, 0.1) is 11.6 Å². The van der Waals surface area contributed by atoms with Crippen LogP contribution in [0.1, 0.15) is 36.3 Å². The first-order chi connectivity index (χ1) is 12.6. The van der Waals surface area contributed by atoms with Crippen molar-refractivity contribution in [3.8, 4) is 11.5 Å². The second-order valence-corrected chi connectivity index (χ2v) is 6.13. The predicted octanol–water partition coefficient (Wildman–Crippen LogP) is 5.22. The second kappa shape index (κ2) is 7.87. The van der Waals surface area contributed by atoms with Crippen LogP contribution in [-0.2, 0) is 4.79 Å². The summed E-state index contributed by atoms with van der Waals surface area (Å²) in [6, 6.07) is 16.9. The summed E-state index contributed by atoms with van der Waals surface area (Å²) in [5.41, 5.74) is 2.31. The zero-order valence-electron chi connectivity index (χ0n) is 15.2. The van der Waals surface area contributed by atoms with E-state index in [0.29, 0.717) is 23.6 Å². The van der Waals surface area contributed by atoms with E-state index < -0.39 is 0 Å². The molecule has 5 heteroatoms. The maximum Gasteiger partial charge on any atom is 0.232 e. The highest BCUT2D eigenvalue weighted by Gasteiger charge is 2.25. The Morgan fingerprint density at radius 3 is 2.50 bits per heavy atom. The fourth-order valence-corrected chi connectivity index (χ4v) is 3.00. The molecule has 1 amide bonds. The van der Waals surface area contributed by atoms with E-state index >= 15 is 0 Å². The number of carbonyl (C=O) groups excluding carboxylic acids is 1. The summed E-state index contributed by atoms with van der Waals surface area (Å²) in [7, 11) is 0. The van der Waals surface area contributed by atoms with Crippen LogP contribution in [0.15, 0.2) is 59.1 Å². The summed E-state index contributed by atoms with van der Waals surface area (Å²) < 4.78 is 11.0. The minimum absolute atomic E-state index is 0.0845. The van der Waals surface area contributed by atoms with Crippen LogP contribution in [0.4, 0.5) is 5.69 Å². The number of benzene rings is 2. The zero-order valence-corrected chi connectivity index (χ0v) is 15.2. The molecule has 1 aromatic heterocycles. The maximum absolute atomic E-state index is 12.8. The molecule has 0 saturated heterocycles. The van der Waals surface area contributed by atoms with Gasteiger partial charge in [-0.15, -0.1) is 0 Å². The quantitative estimate of drug-likeness (QED) is 0.662. The molecule has 134 valence electrons. The van der Waals surface area contributed by atoms with Crippen molar-refractivity contribution in [1.29, 1.82) is 0 Å². The van der Waals surface area contributed by atoms with Crippen LogP contribution in [0.25, 0.3) is 0 Å². The van der Waals surface area contributed by atoms with E-state index in [1.54, 1.807) is 0 Å². The number of anilines is 1. The van der Waals surface area contributed by atoms with Gasteiger partial charge in [0, 0.05) is 17.3 Å². The molecular formula is C21H22N2O3. The van der Waals surface area contributed by atoms with E-state index in [0.717, 1.165) is 17.0 Å². The number of amides is 1. The zero-order chi connectivity index (χ0) is 18.5. The number of hydrogen-bond acceptors (Lipinski definition) is 4. The molecule has 3 aromatic rings. The Morgan fingerprint density at radius 1 is 1.12 bits per heavy atom. The Hall–Kier alpha value is -3.08. The molecule has 2 aromatic carbocycles. The Kier molecular flexibility index (Phi) is 5.37. The van der Waals surface area contributed by atoms with Gasteiger partial charge in [-0.1, -0.05) is 36.3 Å². The number of carbonyl (C=O) groups is 1. The molecule has 0 fully saturated rings.